The molecule has 0 bridgehead atoms. The SMILES string of the molecule is NCC(N)CCC(=O)OC=O. The zero-order valence-electron chi connectivity index (χ0n) is 6.16. The van der Waals surface area contributed by atoms with Crippen LogP contribution in [0.4, 0.5) is 0 Å². The van der Waals surface area contributed by atoms with Crippen LogP contribution in [0.5, 0.6) is 0 Å². The Bertz CT molecular complexity index is 138. The van der Waals surface area contributed by atoms with Gasteiger partial charge in [-0.3, -0.25) is 9.59 Å². The highest BCUT2D eigenvalue weighted by Gasteiger charge is 2.05. The second-order valence-corrected chi connectivity index (χ2v) is 2.12. The van der Waals surface area contributed by atoms with Crippen molar-refractivity contribution in [3.8, 4) is 0 Å². The van der Waals surface area contributed by atoms with Crippen LogP contribution < -0.4 is 11.5 Å². The second-order valence-electron chi connectivity index (χ2n) is 2.12. The molecule has 5 nitrogen and oxygen atoms in total. The Balaban J connectivity index is 3.37. The summed E-state index contributed by atoms with van der Waals surface area (Å²) < 4.78 is 4.02. The van der Waals surface area contributed by atoms with E-state index in [0.29, 0.717) is 13.0 Å². The largest absolute Gasteiger partial charge is 0.395 e. The standard InChI is InChI=1S/C6H12N2O3/c7-3-5(8)1-2-6(10)11-4-9/h4-5H,1-3,7-8H2. The molecule has 0 rings (SSSR count). The van der Waals surface area contributed by atoms with Gasteiger partial charge in [-0.1, -0.05) is 0 Å². The maximum absolute atomic E-state index is 10.5. The van der Waals surface area contributed by atoms with E-state index in [0.717, 1.165) is 0 Å². The highest BCUT2D eigenvalue weighted by Crippen LogP contribution is 1.94. The van der Waals surface area contributed by atoms with Crippen LogP contribution in [0.1, 0.15) is 12.8 Å². The highest BCUT2D eigenvalue weighted by molar-refractivity contribution is 5.76. The van der Waals surface area contributed by atoms with E-state index >= 15 is 0 Å². The van der Waals surface area contributed by atoms with E-state index in [1.807, 2.05) is 0 Å². The van der Waals surface area contributed by atoms with Crippen LogP contribution in [0.2, 0.25) is 0 Å². The molecule has 0 aliphatic carbocycles. The van der Waals surface area contributed by atoms with Gasteiger partial charge in [0.25, 0.3) is 0 Å². The van der Waals surface area contributed by atoms with Crippen molar-refractivity contribution in [2.45, 2.75) is 18.9 Å². The van der Waals surface area contributed by atoms with E-state index in [2.05, 4.69) is 4.74 Å². The van der Waals surface area contributed by atoms with Crippen LogP contribution in [0.25, 0.3) is 0 Å². The number of ether oxygens (including phenoxy) is 1. The summed E-state index contributed by atoms with van der Waals surface area (Å²) in [4.78, 5) is 20.1. The Kier molecular flexibility index (Phi) is 5.32. The summed E-state index contributed by atoms with van der Waals surface area (Å²) in [5.74, 6) is -0.566. The molecule has 0 amide bonds. The molecule has 0 fully saturated rings. The van der Waals surface area contributed by atoms with Gasteiger partial charge in [0, 0.05) is 19.0 Å². The van der Waals surface area contributed by atoms with Crippen molar-refractivity contribution in [1.82, 2.24) is 0 Å². The van der Waals surface area contributed by atoms with Gasteiger partial charge in [-0.25, -0.2) is 0 Å². The Morgan fingerprint density at radius 3 is 2.73 bits per heavy atom. The van der Waals surface area contributed by atoms with Crippen molar-refractivity contribution in [2.24, 2.45) is 11.5 Å². The molecule has 0 aromatic rings. The molecule has 0 saturated heterocycles. The van der Waals surface area contributed by atoms with Crippen molar-refractivity contribution in [3.05, 3.63) is 0 Å². The molecule has 11 heavy (non-hydrogen) atoms. The number of esters is 1. The predicted molar refractivity (Wildman–Crippen MR) is 38.4 cm³/mol. The zero-order valence-corrected chi connectivity index (χ0v) is 6.16. The van der Waals surface area contributed by atoms with Gasteiger partial charge < -0.3 is 16.2 Å². The topological polar surface area (TPSA) is 95.4 Å². The normalized spacial score (nSPS) is 12.2. The third-order valence-electron chi connectivity index (χ3n) is 1.20. The first-order valence-electron chi connectivity index (χ1n) is 3.29. The molecular weight excluding hydrogens is 148 g/mol. The van der Waals surface area contributed by atoms with Gasteiger partial charge in [0.2, 0.25) is 0 Å². The van der Waals surface area contributed by atoms with E-state index in [1.54, 1.807) is 0 Å². The number of hydrogen-bond acceptors (Lipinski definition) is 5. The number of rotatable bonds is 5. The summed E-state index contributed by atoms with van der Waals surface area (Å²) in [6, 6.07) is -0.200. The van der Waals surface area contributed by atoms with Gasteiger partial charge in [-0.15, -0.1) is 0 Å². The first-order valence-corrected chi connectivity index (χ1v) is 3.29. The average molecular weight is 160 g/mol. The monoisotopic (exact) mass is 160 g/mol. The molecule has 0 aliphatic rings. The van der Waals surface area contributed by atoms with Gasteiger partial charge in [0.05, 0.1) is 0 Å². The summed E-state index contributed by atoms with van der Waals surface area (Å²) >= 11 is 0. The smallest absolute Gasteiger partial charge is 0.313 e. The Morgan fingerprint density at radius 2 is 2.27 bits per heavy atom. The zero-order chi connectivity index (χ0) is 8.69. The van der Waals surface area contributed by atoms with Crippen molar-refractivity contribution in [2.75, 3.05) is 6.54 Å². The fraction of sp³-hybridized carbons (Fsp3) is 0.667. The number of carbonyl (C=O) groups excluding carboxylic acids is 2. The van der Waals surface area contributed by atoms with Gasteiger partial charge in [-0.05, 0) is 6.42 Å². The molecule has 0 aliphatic heterocycles. The van der Waals surface area contributed by atoms with Gasteiger partial charge in [-0.2, -0.15) is 0 Å². The first-order chi connectivity index (χ1) is 5.20. The van der Waals surface area contributed by atoms with Crippen LogP contribution >= 0.6 is 0 Å². The lowest BCUT2D eigenvalue weighted by atomic mass is 10.2. The summed E-state index contributed by atoms with van der Waals surface area (Å²) in [5, 5.41) is 0. The molecule has 1 atom stereocenters. The predicted octanol–water partition coefficient (Wildman–Crippen LogP) is -1.25. The summed E-state index contributed by atoms with van der Waals surface area (Å²) in [5.41, 5.74) is 10.6. The lowest BCUT2D eigenvalue weighted by Crippen LogP contribution is -2.30. The molecule has 0 aromatic heterocycles. The molecule has 0 aromatic carbocycles. The minimum atomic E-state index is -0.566. The van der Waals surface area contributed by atoms with Gasteiger partial charge in [0.15, 0.2) is 0 Å². The third-order valence-corrected chi connectivity index (χ3v) is 1.20. The van der Waals surface area contributed by atoms with Crippen LogP contribution in [-0.4, -0.2) is 25.0 Å². The fourth-order valence-electron chi connectivity index (χ4n) is 0.534. The minimum Gasteiger partial charge on any atom is -0.395 e. The lowest BCUT2D eigenvalue weighted by molar-refractivity contribution is -0.151. The van der Waals surface area contributed by atoms with Crippen molar-refractivity contribution in [3.63, 3.8) is 0 Å². The molecule has 0 saturated carbocycles. The maximum Gasteiger partial charge on any atom is 0.313 e. The molecule has 0 heterocycles. The fourth-order valence-corrected chi connectivity index (χ4v) is 0.534. The Hall–Kier alpha value is -0.940. The van der Waals surface area contributed by atoms with Crippen LogP contribution in [0, 0.1) is 0 Å². The summed E-state index contributed by atoms with van der Waals surface area (Å²) in [6.45, 7) is 0.435. The first kappa shape index (κ1) is 10.1. The van der Waals surface area contributed by atoms with Crippen LogP contribution in [0.3, 0.4) is 0 Å². The van der Waals surface area contributed by atoms with E-state index in [1.165, 1.54) is 0 Å². The molecule has 1 unspecified atom stereocenters. The third kappa shape index (κ3) is 5.50. The minimum absolute atomic E-state index is 0.107. The van der Waals surface area contributed by atoms with E-state index in [9.17, 15) is 9.59 Å². The number of hydrogen-bond donors (Lipinski definition) is 2. The van der Waals surface area contributed by atoms with Crippen LogP contribution in [-0.2, 0) is 14.3 Å². The van der Waals surface area contributed by atoms with Crippen molar-refractivity contribution < 1.29 is 14.3 Å². The molecule has 5 heteroatoms. The molecule has 64 valence electrons. The average Bonchev–Trinajstić information content (AvgIpc) is 2.01. The molecular formula is C6H12N2O3. The molecule has 0 radical (unpaired) electrons. The van der Waals surface area contributed by atoms with E-state index in [4.69, 9.17) is 11.5 Å². The maximum atomic E-state index is 10.5. The lowest BCUT2D eigenvalue weighted by Gasteiger charge is -2.05. The van der Waals surface area contributed by atoms with Crippen molar-refractivity contribution in [1.29, 1.82) is 0 Å². The van der Waals surface area contributed by atoms with Gasteiger partial charge >= 0.3 is 12.4 Å². The highest BCUT2D eigenvalue weighted by atomic mass is 16.6. The van der Waals surface area contributed by atoms with E-state index in [-0.39, 0.29) is 18.9 Å². The van der Waals surface area contributed by atoms with E-state index < -0.39 is 5.97 Å². The summed E-state index contributed by atoms with van der Waals surface area (Å²) in [6.07, 6.45) is 0.584. The van der Waals surface area contributed by atoms with Crippen molar-refractivity contribution >= 4 is 12.4 Å². The molecule has 0 spiro atoms. The quantitative estimate of drug-likeness (QED) is 0.298. The number of nitrogens with two attached hydrogens (primary N) is 2. The second kappa shape index (κ2) is 5.82. The Morgan fingerprint density at radius 1 is 1.64 bits per heavy atom. The Labute approximate surface area is 64.7 Å². The van der Waals surface area contributed by atoms with Gasteiger partial charge in [0.1, 0.15) is 0 Å². The summed E-state index contributed by atoms with van der Waals surface area (Å²) in [7, 11) is 0. The number of carbonyl (C=O) groups is 2. The molecule has 4 N–H and O–H groups in total. The van der Waals surface area contributed by atoms with Crippen LogP contribution in [0.15, 0.2) is 0 Å².